The first-order valence-electron chi connectivity index (χ1n) is 15.0. The van der Waals surface area contributed by atoms with Crippen molar-refractivity contribution in [2.45, 2.75) is 96.6 Å². The summed E-state index contributed by atoms with van der Waals surface area (Å²) in [4.78, 5) is 37.5. The molecular weight excluding hydrogens is 488 g/mol. The minimum atomic E-state index is -0.286. The molecule has 210 valence electrons. The van der Waals surface area contributed by atoms with Crippen molar-refractivity contribution < 1.29 is 14.3 Å². The number of aromatic nitrogens is 1. The fourth-order valence-corrected chi connectivity index (χ4v) is 8.44. The molecule has 3 heterocycles. The number of piperidine rings is 1. The number of nitrogens with one attached hydrogen (secondary N) is 1. The Hall–Kier alpha value is -2.70. The Morgan fingerprint density at radius 3 is 2.56 bits per heavy atom. The second-order valence-corrected chi connectivity index (χ2v) is 13.9. The zero-order chi connectivity index (χ0) is 27.4. The fraction of sp³-hybridized carbons (Fsp3) is 0.688. The van der Waals surface area contributed by atoms with Crippen LogP contribution in [-0.2, 0) is 19.7 Å². The lowest BCUT2D eigenvalue weighted by molar-refractivity contribution is -0.183. The average molecular weight is 533 g/mol. The summed E-state index contributed by atoms with van der Waals surface area (Å²) < 4.78 is 5.75. The highest BCUT2D eigenvalue weighted by molar-refractivity contribution is 5.84. The van der Waals surface area contributed by atoms with E-state index in [0.717, 1.165) is 82.5 Å². The minimum absolute atomic E-state index is 0.00728. The molecule has 3 atom stereocenters. The Morgan fingerprint density at radius 2 is 1.90 bits per heavy atom. The molecule has 4 aliphatic carbocycles. The Morgan fingerprint density at radius 1 is 1.13 bits per heavy atom. The quantitative estimate of drug-likeness (QED) is 0.535. The third-order valence-electron chi connectivity index (χ3n) is 9.87. The van der Waals surface area contributed by atoms with E-state index in [1.54, 1.807) is 0 Å². The predicted molar refractivity (Wildman–Crippen MR) is 154 cm³/mol. The van der Waals surface area contributed by atoms with Crippen molar-refractivity contribution in [1.82, 2.24) is 10.3 Å². The van der Waals surface area contributed by atoms with E-state index in [0.29, 0.717) is 17.8 Å². The molecule has 2 unspecified atom stereocenters. The van der Waals surface area contributed by atoms with E-state index in [4.69, 9.17) is 9.72 Å². The van der Waals surface area contributed by atoms with E-state index in [1.807, 2.05) is 6.21 Å². The molecule has 7 heteroatoms. The van der Waals surface area contributed by atoms with Crippen LogP contribution in [0.15, 0.2) is 23.2 Å². The third kappa shape index (κ3) is 5.14. The normalized spacial score (nSPS) is 33.6. The molecule has 4 saturated carbocycles. The first-order chi connectivity index (χ1) is 18.6. The molecule has 4 bridgehead atoms. The highest BCUT2D eigenvalue weighted by Gasteiger charge is 2.59. The van der Waals surface area contributed by atoms with Crippen LogP contribution in [-0.4, -0.2) is 54.9 Å². The van der Waals surface area contributed by atoms with Gasteiger partial charge in [0.2, 0.25) is 5.91 Å². The number of hydrogen-bond acceptors (Lipinski definition) is 6. The van der Waals surface area contributed by atoms with Crippen molar-refractivity contribution >= 4 is 29.5 Å². The number of anilines is 1. The first-order valence-corrected chi connectivity index (χ1v) is 15.0. The fourth-order valence-electron chi connectivity index (χ4n) is 8.44. The van der Waals surface area contributed by atoms with Crippen LogP contribution in [0.5, 0.6) is 0 Å². The van der Waals surface area contributed by atoms with Crippen LogP contribution in [0.2, 0.25) is 0 Å². The molecule has 1 saturated heterocycles. The lowest BCUT2D eigenvalue weighted by Crippen LogP contribution is -2.61. The number of aliphatic imine (C=N–C) groups is 1. The number of ether oxygens (including phenoxy) is 1. The molecule has 1 N–H and O–H groups in total. The van der Waals surface area contributed by atoms with Crippen molar-refractivity contribution in [3.8, 4) is 0 Å². The van der Waals surface area contributed by atoms with Gasteiger partial charge in [0.05, 0.1) is 17.7 Å². The van der Waals surface area contributed by atoms with Gasteiger partial charge >= 0.3 is 5.97 Å². The number of hydrogen-bond donors (Lipinski definition) is 1. The van der Waals surface area contributed by atoms with Crippen LogP contribution in [0.4, 0.5) is 5.82 Å². The van der Waals surface area contributed by atoms with Crippen LogP contribution in [0, 0.1) is 23.2 Å². The second-order valence-electron chi connectivity index (χ2n) is 13.9. The van der Waals surface area contributed by atoms with Gasteiger partial charge in [0.1, 0.15) is 11.9 Å². The van der Waals surface area contributed by atoms with Crippen molar-refractivity contribution in [3.05, 3.63) is 29.5 Å². The summed E-state index contributed by atoms with van der Waals surface area (Å²) in [5.74, 6) is 2.31. The molecule has 6 aliphatic rings. The number of pyridine rings is 1. The molecule has 1 aromatic heterocycles. The van der Waals surface area contributed by atoms with Gasteiger partial charge in [-0.1, -0.05) is 26.8 Å². The summed E-state index contributed by atoms with van der Waals surface area (Å²) in [6, 6.07) is 4.53. The van der Waals surface area contributed by atoms with Gasteiger partial charge < -0.3 is 15.0 Å². The molecule has 0 spiro atoms. The van der Waals surface area contributed by atoms with Crippen LogP contribution in [0.25, 0.3) is 5.57 Å². The number of nitrogens with zero attached hydrogens (tertiary/aromatic N) is 3. The number of amides is 1. The van der Waals surface area contributed by atoms with Gasteiger partial charge in [0.25, 0.3) is 0 Å². The van der Waals surface area contributed by atoms with Crippen LogP contribution < -0.4 is 10.2 Å². The van der Waals surface area contributed by atoms with Crippen molar-refractivity contribution in [2.75, 3.05) is 24.5 Å². The Balaban J connectivity index is 1.16. The average Bonchev–Trinajstić information content (AvgIpc) is 2.90. The zero-order valence-electron chi connectivity index (χ0n) is 24.0. The van der Waals surface area contributed by atoms with Gasteiger partial charge in [-0.15, -0.1) is 0 Å². The maximum absolute atomic E-state index is 13.9. The van der Waals surface area contributed by atoms with E-state index in [2.05, 4.69) is 54.2 Å². The highest BCUT2D eigenvalue weighted by atomic mass is 16.5. The molecule has 0 radical (unpaired) electrons. The van der Waals surface area contributed by atoms with Crippen LogP contribution in [0.3, 0.4) is 0 Å². The Labute approximate surface area is 232 Å². The zero-order valence-corrected chi connectivity index (χ0v) is 24.0. The number of rotatable bonds is 5. The largest absolute Gasteiger partial charge is 0.462 e. The van der Waals surface area contributed by atoms with Crippen molar-refractivity contribution in [3.63, 3.8) is 0 Å². The SMILES string of the molecule is CC(=O)OC1C2CC3CC1CC(C(=O)N[C@H]1CCCN(c4ccc(C5=CCN=CC5)c(C(C)(C)C)n4)C1)(C3)C2. The summed E-state index contributed by atoms with van der Waals surface area (Å²) in [5, 5.41) is 3.50. The summed E-state index contributed by atoms with van der Waals surface area (Å²) in [6.07, 6.45) is 12.0. The monoisotopic (exact) mass is 532 g/mol. The molecule has 7 rings (SSSR count). The van der Waals surface area contributed by atoms with Crippen molar-refractivity contribution in [1.29, 1.82) is 0 Å². The lowest BCUT2D eigenvalue weighted by Gasteiger charge is -2.58. The minimum Gasteiger partial charge on any atom is -0.462 e. The van der Waals surface area contributed by atoms with E-state index in [9.17, 15) is 9.59 Å². The highest BCUT2D eigenvalue weighted by Crippen LogP contribution is 2.61. The summed E-state index contributed by atoms with van der Waals surface area (Å²) in [7, 11) is 0. The molecule has 5 fully saturated rings. The standard InChI is InChI=1S/C32H44N4O3/c1-20(37)39-28-23-14-21-15-24(28)18-32(16-21,17-23)30(38)34-25-6-5-13-36(19-25)27-8-7-26(22-9-11-33-12-10-22)29(35-27)31(2,3)4/h7-9,12,21,23-25,28H,5-6,10-11,13-19H2,1-4H3,(H,34,38)/t21?,23?,24?,25-,28?,32?/m0/s1. The van der Waals surface area contributed by atoms with Crippen LogP contribution >= 0.6 is 0 Å². The van der Waals surface area contributed by atoms with Gasteiger partial charge in [-0.25, -0.2) is 4.98 Å². The second kappa shape index (κ2) is 10.0. The Bertz CT molecular complexity index is 1180. The summed E-state index contributed by atoms with van der Waals surface area (Å²) >= 11 is 0. The first kappa shape index (κ1) is 26.5. The van der Waals surface area contributed by atoms with E-state index in [-0.39, 0.29) is 34.9 Å². The van der Waals surface area contributed by atoms with E-state index < -0.39 is 0 Å². The lowest BCUT2D eigenvalue weighted by atomic mass is 9.48. The van der Waals surface area contributed by atoms with Gasteiger partial charge in [-0.05, 0) is 80.4 Å². The van der Waals surface area contributed by atoms with Crippen molar-refractivity contribution in [2.24, 2.45) is 28.2 Å². The number of esters is 1. The maximum Gasteiger partial charge on any atom is 0.302 e. The molecule has 0 aromatic carbocycles. The molecule has 1 aromatic rings. The summed E-state index contributed by atoms with van der Waals surface area (Å²) in [5.41, 5.74) is 3.30. The number of carbonyl (C=O) groups excluding carboxylic acids is 2. The van der Waals surface area contributed by atoms with Crippen LogP contribution in [0.1, 0.15) is 90.3 Å². The Kier molecular flexibility index (Phi) is 6.83. The molecule has 39 heavy (non-hydrogen) atoms. The number of allylic oxidation sites excluding steroid dienone is 1. The number of carbonyl (C=O) groups is 2. The smallest absolute Gasteiger partial charge is 0.302 e. The molecule has 1 amide bonds. The third-order valence-corrected chi connectivity index (χ3v) is 9.87. The van der Waals surface area contributed by atoms with Gasteiger partial charge in [0.15, 0.2) is 0 Å². The van der Waals surface area contributed by atoms with E-state index >= 15 is 0 Å². The van der Waals surface area contributed by atoms with E-state index in [1.165, 1.54) is 18.1 Å². The maximum atomic E-state index is 13.9. The number of dihydropyridines is 1. The summed E-state index contributed by atoms with van der Waals surface area (Å²) in [6.45, 7) is 10.7. The molecule has 2 aliphatic heterocycles. The molecular formula is C32H44N4O3. The molecule has 7 nitrogen and oxygen atoms in total. The predicted octanol–water partition coefficient (Wildman–Crippen LogP) is 5.08. The van der Waals surface area contributed by atoms with Gasteiger partial charge in [-0.2, -0.15) is 0 Å². The van der Waals surface area contributed by atoms with Gasteiger partial charge in [0, 0.05) is 49.7 Å². The topological polar surface area (TPSA) is 83.9 Å². The van der Waals surface area contributed by atoms with Gasteiger partial charge in [-0.3, -0.25) is 14.6 Å².